The number of nitrogens with one attached hydrogen (secondary N) is 1. The fourth-order valence-electron chi connectivity index (χ4n) is 3.95. The average Bonchev–Trinajstić information content (AvgIpc) is 2.95. The molecule has 39 heavy (non-hydrogen) atoms. The average molecular weight is 583 g/mol. The summed E-state index contributed by atoms with van der Waals surface area (Å²) < 4.78 is 12.7. The van der Waals surface area contributed by atoms with Crippen molar-refractivity contribution in [3.63, 3.8) is 0 Å². The highest BCUT2D eigenvalue weighted by atomic mass is 79.9. The van der Waals surface area contributed by atoms with E-state index in [0.29, 0.717) is 36.0 Å². The van der Waals surface area contributed by atoms with E-state index in [1.54, 1.807) is 48.5 Å². The Morgan fingerprint density at radius 1 is 0.718 bits per heavy atom. The Bertz CT molecular complexity index is 1530. The van der Waals surface area contributed by atoms with Crippen molar-refractivity contribution in [1.82, 2.24) is 5.32 Å². The van der Waals surface area contributed by atoms with Gasteiger partial charge in [-0.15, -0.1) is 0 Å². The van der Waals surface area contributed by atoms with Gasteiger partial charge in [0.25, 0.3) is 11.8 Å². The van der Waals surface area contributed by atoms with E-state index < -0.39 is 17.8 Å². The van der Waals surface area contributed by atoms with Crippen LogP contribution >= 0.6 is 15.9 Å². The zero-order valence-corrected chi connectivity index (χ0v) is 22.3. The van der Waals surface area contributed by atoms with Crippen LogP contribution in [0.15, 0.2) is 113 Å². The SMILES string of the molecule is O=C1NC(=O)N(c2ccc(OCc3ccccc3)cc2)C(=O)/C1=C/c1ccccc1OCc1ccc(Br)cc1. The van der Waals surface area contributed by atoms with Crippen molar-refractivity contribution in [2.75, 3.05) is 4.90 Å². The number of hydrogen-bond acceptors (Lipinski definition) is 5. The van der Waals surface area contributed by atoms with Crippen LogP contribution in [0.2, 0.25) is 0 Å². The minimum Gasteiger partial charge on any atom is -0.489 e. The van der Waals surface area contributed by atoms with Crippen LogP contribution < -0.4 is 19.7 Å². The summed E-state index contributed by atoms with van der Waals surface area (Å²) >= 11 is 3.41. The van der Waals surface area contributed by atoms with E-state index in [4.69, 9.17) is 9.47 Å². The number of anilines is 1. The number of para-hydroxylation sites is 1. The molecule has 1 fully saturated rings. The second kappa shape index (κ2) is 11.8. The molecule has 0 aromatic heterocycles. The lowest BCUT2D eigenvalue weighted by atomic mass is 10.1. The van der Waals surface area contributed by atoms with E-state index in [0.717, 1.165) is 20.5 Å². The Labute approximate surface area is 233 Å². The molecule has 0 unspecified atom stereocenters. The summed E-state index contributed by atoms with van der Waals surface area (Å²) in [6.45, 7) is 0.685. The first kappa shape index (κ1) is 25.9. The predicted octanol–water partition coefficient (Wildman–Crippen LogP) is 6.27. The van der Waals surface area contributed by atoms with Crippen molar-refractivity contribution in [3.8, 4) is 11.5 Å². The number of carbonyl (C=O) groups excluding carboxylic acids is 3. The lowest BCUT2D eigenvalue weighted by molar-refractivity contribution is -0.122. The van der Waals surface area contributed by atoms with Gasteiger partial charge in [-0.1, -0.05) is 76.6 Å². The largest absolute Gasteiger partial charge is 0.489 e. The van der Waals surface area contributed by atoms with Gasteiger partial charge in [-0.3, -0.25) is 14.9 Å². The number of amides is 4. The van der Waals surface area contributed by atoms with E-state index in [1.165, 1.54) is 6.08 Å². The highest BCUT2D eigenvalue weighted by Crippen LogP contribution is 2.27. The summed E-state index contributed by atoms with van der Waals surface area (Å²) in [5.74, 6) is -0.427. The van der Waals surface area contributed by atoms with Crippen molar-refractivity contribution in [1.29, 1.82) is 0 Å². The number of urea groups is 1. The third kappa shape index (κ3) is 6.25. The molecule has 0 atom stereocenters. The first-order valence-corrected chi connectivity index (χ1v) is 12.9. The van der Waals surface area contributed by atoms with Gasteiger partial charge in [0, 0.05) is 10.0 Å². The van der Waals surface area contributed by atoms with Crippen LogP contribution in [0.1, 0.15) is 16.7 Å². The minimum absolute atomic E-state index is 0.182. The third-order valence-electron chi connectivity index (χ3n) is 5.97. The maximum atomic E-state index is 13.4. The molecule has 4 aromatic rings. The summed E-state index contributed by atoms with van der Waals surface area (Å²) in [5.41, 5.74) is 2.63. The number of hydrogen-bond donors (Lipinski definition) is 1. The molecule has 0 radical (unpaired) electrons. The Morgan fingerprint density at radius 3 is 2.10 bits per heavy atom. The highest BCUT2D eigenvalue weighted by molar-refractivity contribution is 9.10. The van der Waals surface area contributed by atoms with Gasteiger partial charge in [-0.05, 0) is 59.7 Å². The Balaban J connectivity index is 1.34. The lowest BCUT2D eigenvalue weighted by Gasteiger charge is -2.26. The Hall–Kier alpha value is -4.69. The number of barbiturate groups is 1. The summed E-state index contributed by atoms with van der Waals surface area (Å²) in [6.07, 6.45) is 1.44. The normalized spacial score (nSPS) is 14.3. The number of nitrogens with zero attached hydrogens (tertiary/aromatic N) is 1. The van der Waals surface area contributed by atoms with Gasteiger partial charge in [-0.2, -0.15) is 0 Å². The van der Waals surface area contributed by atoms with Crippen LogP contribution in [0.5, 0.6) is 11.5 Å². The fraction of sp³-hybridized carbons (Fsp3) is 0.0645. The molecule has 1 aliphatic heterocycles. The highest BCUT2D eigenvalue weighted by Gasteiger charge is 2.37. The van der Waals surface area contributed by atoms with Crippen LogP contribution in [0.4, 0.5) is 10.5 Å². The molecule has 8 heteroatoms. The monoisotopic (exact) mass is 582 g/mol. The molecule has 194 valence electrons. The molecule has 5 rings (SSSR count). The molecule has 0 spiro atoms. The fourth-order valence-corrected chi connectivity index (χ4v) is 4.22. The number of imide groups is 2. The maximum Gasteiger partial charge on any atom is 0.335 e. The molecular formula is C31H23BrN2O5. The molecule has 0 aliphatic carbocycles. The zero-order chi connectivity index (χ0) is 27.2. The van der Waals surface area contributed by atoms with E-state index in [-0.39, 0.29) is 5.57 Å². The Kier molecular flexibility index (Phi) is 7.84. The van der Waals surface area contributed by atoms with Gasteiger partial charge >= 0.3 is 6.03 Å². The van der Waals surface area contributed by atoms with Crippen LogP contribution in [-0.4, -0.2) is 17.8 Å². The van der Waals surface area contributed by atoms with E-state index in [9.17, 15) is 14.4 Å². The van der Waals surface area contributed by atoms with Crippen molar-refractivity contribution in [2.24, 2.45) is 0 Å². The second-order valence-electron chi connectivity index (χ2n) is 8.68. The molecule has 4 amide bonds. The van der Waals surface area contributed by atoms with Crippen LogP contribution in [-0.2, 0) is 22.8 Å². The van der Waals surface area contributed by atoms with Crippen molar-refractivity contribution in [2.45, 2.75) is 13.2 Å². The summed E-state index contributed by atoms with van der Waals surface area (Å²) in [5, 5.41) is 2.25. The number of rotatable bonds is 8. The topological polar surface area (TPSA) is 84.9 Å². The van der Waals surface area contributed by atoms with Gasteiger partial charge < -0.3 is 9.47 Å². The molecule has 4 aromatic carbocycles. The smallest absolute Gasteiger partial charge is 0.335 e. The molecule has 1 aliphatic rings. The zero-order valence-electron chi connectivity index (χ0n) is 20.7. The Morgan fingerprint density at radius 2 is 1.36 bits per heavy atom. The van der Waals surface area contributed by atoms with E-state index >= 15 is 0 Å². The van der Waals surface area contributed by atoms with Crippen molar-refractivity contribution in [3.05, 3.63) is 130 Å². The van der Waals surface area contributed by atoms with Crippen LogP contribution in [0, 0.1) is 0 Å². The minimum atomic E-state index is -0.820. The standard InChI is InChI=1S/C31H23BrN2O5/c32-24-12-10-22(11-13-24)20-39-28-9-5-4-8-23(28)18-27-29(35)33-31(37)34(30(27)36)25-14-16-26(17-15-25)38-19-21-6-2-1-3-7-21/h1-18H,19-20H2,(H,33,35,37)/b27-18+. The van der Waals surface area contributed by atoms with Gasteiger partial charge in [0.1, 0.15) is 30.3 Å². The molecule has 0 bridgehead atoms. The molecule has 1 saturated heterocycles. The predicted molar refractivity (Wildman–Crippen MR) is 151 cm³/mol. The number of halogens is 1. The number of carbonyl (C=O) groups is 3. The lowest BCUT2D eigenvalue weighted by Crippen LogP contribution is -2.54. The van der Waals surface area contributed by atoms with Gasteiger partial charge in [-0.25, -0.2) is 9.69 Å². The van der Waals surface area contributed by atoms with Crippen LogP contribution in [0.3, 0.4) is 0 Å². The summed E-state index contributed by atoms with van der Waals surface area (Å²) in [4.78, 5) is 39.6. The van der Waals surface area contributed by atoms with Gasteiger partial charge in [0.05, 0.1) is 5.69 Å². The van der Waals surface area contributed by atoms with Crippen LogP contribution in [0.25, 0.3) is 6.08 Å². The first-order valence-electron chi connectivity index (χ1n) is 12.1. The maximum absolute atomic E-state index is 13.4. The number of benzene rings is 4. The quantitative estimate of drug-likeness (QED) is 0.195. The first-order chi connectivity index (χ1) is 19.0. The second-order valence-corrected chi connectivity index (χ2v) is 9.59. The van der Waals surface area contributed by atoms with Crippen molar-refractivity contribution >= 4 is 45.5 Å². The molecule has 7 nitrogen and oxygen atoms in total. The van der Waals surface area contributed by atoms with E-state index in [2.05, 4.69) is 21.2 Å². The van der Waals surface area contributed by atoms with Gasteiger partial charge in [0.2, 0.25) is 0 Å². The molecule has 1 N–H and O–H groups in total. The van der Waals surface area contributed by atoms with Gasteiger partial charge in [0.15, 0.2) is 0 Å². The summed E-state index contributed by atoms with van der Waals surface area (Å²) in [7, 11) is 0. The molecule has 1 heterocycles. The third-order valence-corrected chi connectivity index (χ3v) is 6.50. The number of ether oxygens (including phenoxy) is 2. The van der Waals surface area contributed by atoms with E-state index in [1.807, 2.05) is 54.6 Å². The molecule has 0 saturated carbocycles. The summed E-state index contributed by atoms with van der Waals surface area (Å²) in [6, 6.07) is 30.2. The molecular weight excluding hydrogens is 560 g/mol. The van der Waals surface area contributed by atoms with Crippen molar-refractivity contribution < 1.29 is 23.9 Å².